The molecule has 0 radical (unpaired) electrons. The van der Waals surface area contributed by atoms with E-state index < -0.39 is 5.97 Å². The summed E-state index contributed by atoms with van der Waals surface area (Å²) in [7, 11) is 0. The highest BCUT2D eigenvalue weighted by Crippen LogP contribution is 2.21. The number of benzene rings is 1. The van der Waals surface area contributed by atoms with Crippen molar-refractivity contribution in [2.45, 2.75) is 6.92 Å². The van der Waals surface area contributed by atoms with Crippen LogP contribution in [0.2, 0.25) is 0 Å². The molecule has 0 bridgehead atoms. The molecule has 0 fully saturated rings. The number of carboxylic acids is 1. The van der Waals surface area contributed by atoms with E-state index in [1.54, 1.807) is 17.5 Å². The Balaban J connectivity index is 2.32. The average molecular weight is 387 g/mol. The maximum Gasteiger partial charge on any atom is 0.337 e. The Morgan fingerprint density at radius 1 is 1.26 bits per heavy atom. The Morgan fingerprint density at radius 2 is 2.00 bits per heavy atom. The van der Waals surface area contributed by atoms with Gasteiger partial charge in [0.1, 0.15) is 0 Å². The van der Waals surface area contributed by atoms with Crippen molar-refractivity contribution in [3.8, 4) is 0 Å². The molecule has 0 atom stereocenters. The number of amides is 1. The van der Waals surface area contributed by atoms with Gasteiger partial charge >= 0.3 is 5.97 Å². The van der Waals surface area contributed by atoms with E-state index in [4.69, 9.17) is 5.11 Å². The summed E-state index contributed by atoms with van der Waals surface area (Å²) in [6, 6.07) is 4.88. The maximum absolute atomic E-state index is 12.1. The number of halogens is 1. The molecule has 0 saturated heterocycles. The van der Waals surface area contributed by atoms with E-state index in [0.29, 0.717) is 11.3 Å². The Morgan fingerprint density at radius 3 is 2.58 bits per heavy atom. The van der Waals surface area contributed by atoms with Gasteiger partial charge < -0.3 is 10.4 Å². The van der Waals surface area contributed by atoms with Crippen molar-refractivity contribution in [1.29, 1.82) is 0 Å². The zero-order chi connectivity index (χ0) is 14.0. The summed E-state index contributed by atoms with van der Waals surface area (Å²) < 4.78 is 0.805. The summed E-state index contributed by atoms with van der Waals surface area (Å²) in [5, 5.41) is 15.4. The molecule has 0 aliphatic heterocycles. The third-order valence-electron chi connectivity index (χ3n) is 2.56. The van der Waals surface area contributed by atoms with Crippen molar-refractivity contribution in [2.75, 3.05) is 5.32 Å². The monoisotopic (exact) mass is 387 g/mol. The quantitative estimate of drug-likeness (QED) is 0.791. The van der Waals surface area contributed by atoms with Crippen LogP contribution in [0.3, 0.4) is 0 Å². The van der Waals surface area contributed by atoms with E-state index in [-0.39, 0.29) is 11.5 Å². The number of carbonyl (C=O) groups is 2. The maximum atomic E-state index is 12.1. The van der Waals surface area contributed by atoms with E-state index in [9.17, 15) is 9.59 Å². The molecular weight excluding hydrogens is 377 g/mol. The lowest BCUT2D eigenvalue weighted by Gasteiger charge is -2.08. The first-order valence-corrected chi connectivity index (χ1v) is 7.38. The zero-order valence-corrected chi connectivity index (χ0v) is 12.9. The van der Waals surface area contributed by atoms with Crippen LogP contribution in [0.25, 0.3) is 0 Å². The summed E-state index contributed by atoms with van der Waals surface area (Å²) in [6.45, 7) is 1.84. The van der Waals surface area contributed by atoms with Gasteiger partial charge in [0, 0.05) is 8.95 Å². The minimum Gasteiger partial charge on any atom is -0.478 e. The van der Waals surface area contributed by atoms with Crippen LogP contribution in [0.5, 0.6) is 0 Å². The molecule has 2 aromatic rings. The molecule has 4 nitrogen and oxygen atoms in total. The lowest BCUT2D eigenvalue weighted by atomic mass is 10.1. The topological polar surface area (TPSA) is 66.4 Å². The van der Waals surface area contributed by atoms with Crippen LogP contribution in [0, 0.1) is 10.5 Å². The van der Waals surface area contributed by atoms with Crippen LogP contribution in [-0.2, 0) is 0 Å². The highest BCUT2D eigenvalue weighted by Gasteiger charge is 2.15. The van der Waals surface area contributed by atoms with E-state index in [2.05, 4.69) is 5.32 Å². The lowest BCUT2D eigenvalue weighted by molar-refractivity contribution is 0.0698. The summed E-state index contributed by atoms with van der Waals surface area (Å²) in [4.78, 5) is 23.2. The zero-order valence-electron chi connectivity index (χ0n) is 9.94. The van der Waals surface area contributed by atoms with Crippen molar-refractivity contribution in [1.82, 2.24) is 0 Å². The molecule has 1 aromatic carbocycles. The molecule has 1 aromatic heterocycles. The van der Waals surface area contributed by atoms with E-state index in [1.807, 2.05) is 34.9 Å². The number of hydrogen-bond acceptors (Lipinski definition) is 3. The number of nitrogens with one attached hydrogen (secondary N) is 1. The van der Waals surface area contributed by atoms with Crippen molar-refractivity contribution < 1.29 is 14.7 Å². The van der Waals surface area contributed by atoms with Gasteiger partial charge in [-0.3, -0.25) is 4.79 Å². The van der Waals surface area contributed by atoms with Gasteiger partial charge in [0.2, 0.25) is 0 Å². The SMILES string of the molecule is Cc1cscc1C(=O)Nc1ccc(I)cc1C(=O)O. The van der Waals surface area contributed by atoms with E-state index in [0.717, 1.165) is 9.13 Å². The molecule has 0 aliphatic rings. The Hall–Kier alpha value is -1.41. The van der Waals surface area contributed by atoms with Crippen LogP contribution in [0.15, 0.2) is 29.0 Å². The Kier molecular flexibility index (Phi) is 4.20. The molecule has 0 unspecified atom stereocenters. The van der Waals surface area contributed by atoms with Crippen molar-refractivity contribution in [2.24, 2.45) is 0 Å². The summed E-state index contributed by atoms with van der Waals surface area (Å²) >= 11 is 3.47. The molecule has 1 heterocycles. The smallest absolute Gasteiger partial charge is 0.337 e. The van der Waals surface area contributed by atoms with Crippen LogP contribution in [0.1, 0.15) is 26.3 Å². The number of aromatic carboxylic acids is 1. The third-order valence-corrected chi connectivity index (χ3v) is 4.09. The molecule has 98 valence electrons. The minimum absolute atomic E-state index is 0.0909. The number of rotatable bonds is 3. The predicted octanol–water partition coefficient (Wildman–Crippen LogP) is 3.61. The molecule has 1 amide bonds. The first-order valence-electron chi connectivity index (χ1n) is 5.36. The first kappa shape index (κ1) is 14.0. The number of carbonyl (C=O) groups excluding carboxylic acids is 1. The fourth-order valence-electron chi connectivity index (χ4n) is 1.59. The van der Waals surface area contributed by atoms with E-state index >= 15 is 0 Å². The summed E-state index contributed by atoms with van der Waals surface area (Å²) in [6.07, 6.45) is 0. The predicted molar refractivity (Wildman–Crippen MR) is 83.1 cm³/mol. The van der Waals surface area contributed by atoms with Gasteiger partial charge in [-0.05, 0) is 58.7 Å². The van der Waals surface area contributed by atoms with Crippen LogP contribution < -0.4 is 5.32 Å². The van der Waals surface area contributed by atoms with Gasteiger partial charge in [-0.15, -0.1) is 0 Å². The molecule has 0 aliphatic carbocycles. The number of anilines is 1. The number of carboxylic acid groups (broad SMARTS) is 1. The van der Waals surface area contributed by atoms with E-state index in [1.165, 1.54) is 17.4 Å². The summed E-state index contributed by atoms with van der Waals surface area (Å²) in [5.74, 6) is -1.35. The van der Waals surface area contributed by atoms with Gasteiger partial charge in [-0.2, -0.15) is 11.3 Å². The molecule has 0 spiro atoms. The minimum atomic E-state index is -1.06. The van der Waals surface area contributed by atoms with Crippen LogP contribution in [0.4, 0.5) is 5.69 Å². The largest absolute Gasteiger partial charge is 0.478 e. The van der Waals surface area contributed by atoms with Crippen LogP contribution >= 0.6 is 33.9 Å². The second kappa shape index (κ2) is 5.70. The number of thiophene rings is 1. The van der Waals surface area contributed by atoms with Crippen LogP contribution in [-0.4, -0.2) is 17.0 Å². The van der Waals surface area contributed by atoms with Gasteiger partial charge in [0.25, 0.3) is 5.91 Å². The van der Waals surface area contributed by atoms with Crippen molar-refractivity contribution in [3.63, 3.8) is 0 Å². The molecule has 2 rings (SSSR count). The molecule has 0 saturated carbocycles. The standard InChI is InChI=1S/C13H10INO3S/c1-7-5-19-6-10(7)12(16)15-11-3-2-8(14)4-9(11)13(17)18/h2-6H,1H3,(H,15,16)(H,17,18). The molecule has 19 heavy (non-hydrogen) atoms. The Labute approximate surface area is 127 Å². The van der Waals surface area contributed by atoms with Crippen molar-refractivity contribution >= 4 is 51.5 Å². The summed E-state index contributed by atoms with van der Waals surface area (Å²) in [5.41, 5.74) is 1.85. The highest BCUT2D eigenvalue weighted by molar-refractivity contribution is 14.1. The molecule has 2 N–H and O–H groups in total. The normalized spacial score (nSPS) is 10.2. The van der Waals surface area contributed by atoms with Gasteiger partial charge in [-0.25, -0.2) is 4.79 Å². The first-order chi connectivity index (χ1) is 8.99. The fourth-order valence-corrected chi connectivity index (χ4v) is 2.90. The second-order valence-electron chi connectivity index (χ2n) is 3.92. The fraction of sp³-hybridized carbons (Fsp3) is 0.0769. The number of hydrogen-bond donors (Lipinski definition) is 2. The average Bonchev–Trinajstić information content (AvgIpc) is 2.77. The number of aryl methyl sites for hydroxylation is 1. The van der Waals surface area contributed by atoms with Gasteiger partial charge in [0.15, 0.2) is 0 Å². The Bertz CT molecular complexity index is 651. The van der Waals surface area contributed by atoms with Gasteiger partial charge in [0.05, 0.1) is 16.8 Å². The van der Waals surface area contributed by atoms with Gasteiger partial charge in [-0.1, -0.05) is 0 Å². The molecular formula is C13H10INO3S. The van der Waals surface area contributed by atoms with Crippen molar-refractivity contribution in [3.05, 3.63) is 49.2 Å². The molecule has 6 heteroatoms. The second-order valence-corrected chi connectivity index (χ2v) is 5.91. The third kappa shape index (κ3) is 3.13. The lowest BCUT2D eigenvalue weighted by Crippen LogP contribution is -2.15. The highest BCUT2D eigenvalue weighted by atomic mass is 127.